The Bertz CT molecular complexity index is 674. The van der Waals surface area contributed by atoms with Gasteiger partial charge in [0.05, 0.1) is 5.56 Å². The standard InChI is InChI=1S/C19H26N2O5/c1-13-4-6-15(16(22)11-13)19(26)20-9-8-17(23)21-10-2-3-14(12-21)5-7-18(24)25/h4,6,11,14,22H,2-3,5,7-10,12H2,1H3,(H,20,26)(H,24,25). The zero-order chi connectivity index (χ0) is 19.1. The van der Waals surface area contributed by atoms with Crippen molar-refractivity contribution in [1.29, 1.82) is 0 Å². The maximum Gasteiger partial charge on any atom is 0.303 e. The Hall–Kier alpha value is -2.57. The summed E-state index contributed by atoms with van der Waals surface area (Å²) in [5.41, 5.74) is 1.05. The summed E-state index contributed by atoms with van der Waals surface area (Å²) in [7, 11) is 0. The highest BCUT2D eigenvalue weighted by molar-refractivity contribution is 5.97. The predicted octanol–water partition coefficient (Wildman–Crippen LogP) is 1.92. The molecule has 1 saturated heterocycles. The van der Waals surface area contributed by atoms with Gasteiger partial charge in [0.1, 0.15) is 5.75 Å². The van der Waals surface area contributed by atoms with E-state index in [1.807, 2.05) is 6.92 Å². The molecule has 1 unspecified atom stereocenters. The number of nitrogens with one attached hydrogen (secondary N) is 1. The number of carboxylic acid groups (broad SMARTS) is 1. The molecule has 7 nitrogen and oxygen atoms in total. The summed E-state index contributed by atoms with van der Waals surface area (Å²) in [6.45, 7) is 3.28. The highest BCUT2D eigenvalue weighted by Gasteiger charge is 2.24. The van der Waals surface area contributed by atoms with Crippen molar-refractivity contribution in [3.63, 3.8) is 0 Å². The number of hydrogen-bond acceptors (Lipinski definition) is 4. The number of phenols is 1. The van der Waals surface area contributed by atoms with E-state index in [0.29, 0.717) is 19.5 Å². The number of likely N-dealkylation sites (tertiary alicyclic amines) is 1. The number of carboxylic acids is 1. The molecule has 0 bridgehead atoms. The number of benzene rings is 1. The molecule has 0 aliphatic carbocycles. The number of nitrogens with zero attached hydrogens (tertiary/aromatic N) is 1. The third-order valence-corrected chi connectivity index (χ3v) is 4.66. The number of aliphatic carboxylic acids is 1. The van der Waals surface area contributed by atoms with Crippen molar-refractivity contribution in [2.24, 2.45) is 5.92 Å². The van der Waals surface area contributed by atoms with E-state index in [4.69, 9.17) is 5.11 Å². The second kappa shape index (κ2) is 9.22. The Morgan fingerprint density at radius 3 is 2.73 bits per heavy atom. The minimum Gasteiger partial charge on any atom is -0.507 e. The minimum absolute atomic E-state index is 0.0431. The Labute approximate surface area is 153 Å². The van der Waals surface area contributed by atoms with Gasteiger partial charge in [-0.2, -0.15) is 0 Å². The highest BCUT2D eigenvalue weighted by atomic mass is 16.4. The molecule has 1 aromatic rings. The Morgan fingerprint density at radius 1 is 1.27 bits per heavy atom. The van der Waals surface area contributed by atoms with Crippen molar-refractivity contribution in [2.75, 3.05) is 19.6 Å². The topological polar surface area (TPSA) is 107 Å². The summed E-state index contributed by atoms with van der Waals surface area (Å²) in [6.07, 6.45) is 2.72. The van der Waals surface area contributed by atoms with Gasteiger partial charge < -0.3 is 20.4 Å². The van der Waals surface area contributed by atoms with Crippen LogP contribution < -0.4 is 5.32 Å². The van der Waals surface area contributed by atoms with Crippen LogP contribution in [0.2, 0.25) is 0 Å². The average Bonchev–Trinajstić information content (AvgIpc) is 2.60. The number of carbonyl (C=O) groups is 3. The molecule has 1 heterocycles. The maximum absolute atomic E-state index is 12.3. The molecule has 2 amide bonds. The normalized spacial score (nSPS) is 17.0. The van der Waals surface area contributed by atoms with Crippen LogP contribution in [0.15, 0.2) is 18.2 Å². The van der Waals surface area contributed by atoms with E-state index in [-0.39, 0.29) is 42.5 Å². The number of hydrogen-bond donors (Lipinski definition) is 3. The maximum atomic E-state index is 12.3. The van der Waals surface area contributed by atoms with Crippen molar-refractivity contribution in [2.45, 2.75) is 39.0 Å². The molecule has 3 N–H and O–H groups in total. The van der Waals surface area contributed by atoms with Crippen LogP contribution in [0.3, 0.4) is 0 Å². The van der Waals surface area contributed by atoms with Crippen LogP contribution in [0.1, 0.15) is 48.0 Å². The van der Waals surface area contributed by atoms with Crippen LogP contribution in [0.5, 0.6) is 5.75 Å². The van der Waals surface area contributed by atoms with Gasteiger partial charge >= 0.3 is 5.97 Å². The molecular formula is C19H26N2O5. The van der Waals surface area contributed by atoms with Gasteiger partial charge in [-0.1, -0.05) is 6.07 Å². The van der Waals surface area contributed by atoms with Crippen LogP contribution in [0, 0.1) is 12.8 Å². The lowest BCUT2D eigenvalue weighted by Gasteiger charge is -2.32. The summed E-state index contributed by atoms with van der Waals surface area (Å²) in [6, 6.07) is 4.81. The molecule has 7 heteroatoms. The number of phenolic OH excluding ortho intramolecular Hbond substituents is 1. The third kappa shape index (κ3) is 5.75. The summed E-state index contributed by atoms with van der Waals surface area (Å²) < 4.78 is 0. The number of aromatic hydroxyl groups is 1. The van der Waals surface area contributed by atoms with E-state index < -0.39 is 11.9 Å². The van der Waals surface area contributed by atoms with Gasteiger partial charge in [0.2, 0.25) is 5.91 Å². The summed E-state index contributed by atoms with van der Waals surface area (Å²) in [4.78, 5) is 36.8. The molecule has 1 aliphatic rings. The van der Waals surface area contributed by atoms with Crippen molar-refractivity contribution in [3.8, 4) is 5.75 Å². The number of piperidine rings is 1. The van der Waals surface area contributed by atoms with Gasteiger partial charge in [0, 0.05) is 32.5 Å². The first kappa shape index (κ1) is 19.8. The lowest BCUT2D eigenvalue weighted by Crippen LogP contribution is -2.41. The average molecular weight is 362 g/mol. The van der Waals surface area contributed by atoms with E-state index in [1.54, 1.807) is 17.0 Å². The predicted molar refractivity (Wildman–Crippen MR) is 96.0 cm³/mol. The van der Waals surface area contributed by atoms with Crippen LogP contribution >= 0.6 is 0 Å². The molecule has 26 heavy (non-hydrogen) atoms. The molecule has 1 aliphatic heterocycles. The monoisotopic (exact) mass is 362 g/mol. The van der Waals surface area contributed by atoms with Gasteiger partial charge in [-0.05, 0) is 49.8 Å². The fourth-order valence-electron chi connectivity index (χ4n) is 3.22. The molecule has 0 aromatic heterocycles. The minimum atomic E-state index is -0.810. The molecule has 1 aromatic carbocycles. The molecule has 0 spiro atoms. The first-order valence-corrected chi connectivity index (χ1v) is 8.94. The lowest BCUT2D eigenvalue weighted by atomic mass is 9.93. The SMILES string of the molecule is Cc1ccc(C(=O)NCCC(=O)N2CCCC(CCC(=O)O)C2)c(O)c1. The molecular weight excluding hydrogens is 336 g/mol. The quantitative estimate of drug-likeness (QED) is 0.687. The summed E-state index contributed by atoms with van der Waals surface area (Å²) in [5, 5.41) is 21.2. The Morgan fingerprint density at radius 2 is 2.04 bits per heavy atom. The zero-order valence-electron chi connectivity index (χ0n) is 15.0. The number of aryl methyl sites for hydroxylation is 1. The first-order chi connectivity index (χ1) is 12.4. The third-order valence-electron chi connectivity index (χ3n) is 4.66. The Balaban J connectivity index is 1.77. The van der Waals surface area contributed by atoms with Crippen LogP contribution in [-0.2, 0) is 9.59 Å². The van der Waals surface area contributed by atoms with Gasteiger partial charge in [-0.15, -0.1) is 0 Å². The summed E-state index contributed by atoms with van der Waals surface area (Å²) >= 11 is 0. The Kier molecular flexibility index (Phi) is 7.00. The molecule has 2 rings (SSSR count). The van der Waals surface area contributed by atoms with Crippen molar-refractivity contribution in [1.82, 2.24) is 10.2 Å². The lowest BCUT2D eigenvalue weighted by molar-refractivity contribution is -0.137. The number of amides is 2. The van der Waals surface area contributed by atoms with E-state index in [1.165, 1.54) is 6.07 Å². The second-order valence-electron chi connectivity index (χ2n) is 6.81. The number of carbonyl (C=O) groups excluding carboxylic acids is 2. The van der Waals surface area contributed by atoms with E-state index in [2.05, 4.69) is 5.32 Å². The van der Waals surface area contributed by atoms with Crippen molar-refractivity contribution < 1.29 is 24.6 Å². The first-order valence-electron chi connectivity index (χ1n) is 8.94. The van der Waals surface area contributed by atoms with Crippen molar-refractivity contribution >= 4 is 17.8 Å². The molecule has 1 fully saturated rings. The fraction of sp³-hybridized carbons (Fsp3) is 0.526. The van der Waals surface area contributed by atoms with Gasteiger partial charge in [-0.3, -0.25) is 14.4 Å². The molecule has 1 atom stereocenters. The second-order valence-corrected chi connectivity index (χ2v) is 6.81. The summed E-state index contributed by atoms with van der Waals surface area (Å²) in [5.74, 6) is -1.11. The fourth-order valence-corrected chi connectivity index (χ4v) is 3.22. The van der Waals surface area contributed by atoms with Crippen molar-refractivity contribution in [3.05, 3.63) is 29.3 Å². The van der Waals surface area contributed by atoms with Gasteiger partial charge in [-0.25, -0.2) is 0 Å². The van der Waals surface area contributed by atoms with Gasteiger partial charge in [0.15, 0.2) is 0 Å². The molecule has 0 saturated carbocycles. The number of rotatable bonds is 7. The van der Waals surface area contributed by atoms with E-state index >= 15 is 0 Å². The van der Waals surface area contributed by atoms with E-state index in [9.17, 15) is 19.5 Å². The zero-order valence-corrected chi connectivity index (χ0v) is 15.0. The van der Waals surface area contributed by atoms with Crippen LogP contribution in [0.4, 0.5) is 0 Å². The van der Waals surface area contributed by atoms with Gasteiger partial charge in [0.25, 0.3) is 5.91 Å². The highest BCUT2D eigenvalue weighted by Crippen LogP contribution is 2.21. The molecule has 142 valence electrons. The van der Waals surface area contributed by atoms with Crippen LogP contribution in [-0.4, -0.2) is 52.5 Å². The van der Waals surface area contributed by atoms with Crippen LogP contribution in [0.25, 0.3) is 0 Å². The molecule has 0 radical (unpaired) electrons. The van der Waals surface area contributed by atoms with E-state index in [0.717, 1.165) is 18.4 Å². The largest absolute Gasteiger partial charge is 0.507 e. The smallest absolute Gasteiger partial charge is 0.303 e.